The average Bonchev–Trinajstić information content (AvgIpc) is 2.81. The first-order valence-corrected chi connectivity index (χ1v) is 10.3. The second-order valence-corrected chi connectivity index (χ2v) is 7.98. The summed E-state index contributed by atoms with van der Waals surface area (Å²) in [4.78, 5) is 21.2. The molecule has 8 heteroatoms. The first kappa shape index (κ1) is 21.9. The minimum atomic E-state index is -1.04. The summed E-state index contributed by atoms with van der Waals surface area (Å²) in [5.74, 6) is -0.547. The maximum atomic E-state index is 14.8. The van der Waals surface area contributed by atoms with Crippen LogP contribution in [0.4, 0.5) is 10.1 Å². The highest BCUT2D eigenvalue weighted by Gasteiger charge is 2.38. The fourth-order valence-corrected chi connectivity index (χ4v) is 3.64. The Labute approximate surface area is 190 Å². The maximum absolute atomic E-state index is 14.8. The van der Waals surface area contributed by atoms with E-state index in [1.165, 1.54) is 31.5 Å². The van der Waals surface area contributed by atoms with Crippen molar-refractivity contribution in [2.24, 2.45) is 4.99 Å². The van der Waals surface area contributed by atoms with Gasteiger partial charge >= 0.3 is 0 Å². The number of pyridine rings is 1. The van der Waals surface area contributed by atoms with Gasteiger partial charge in [0.2, 0.25) is 5.90 Å². The van der Waals surface area contributed by atoms with Crippen LogP contribution in [-0.2, 0) is 15.0 Å². The lowest BCUT2D eigenvalue weighted by molar-refractivity contribution is 0.0280. The zero-order valence-electron chi connectivity index (χ0n) is 17.5. The van der Waals surface area contributed by atoms with Gasteiger partial charge in [-0.2, -0.15) is 0 Å². The minimum Gasteiger partial charge on any atom is -0.482 e. The van der Waals surface area contributed by atoms with Crippen LogP contribution in [0.1, 0.15) is 34.6 Å². The third-order valence-corrected chi connectivity index (χ3v) is 5.41. The van der Waals surface area contributed by atoms with E-state index in [2.05, 4.69) is 10.3 Å². The minimum absolute atomic E-state index is 0.131. The van der Waals surface area contributed by atoms with Crippen molar-refractivity contribution < 1.29 is 18.7 Å². The van der Waals surface area contributed by atoms with E-state index in [0.717, 1.165) is 5.56 Å². The number of benzene rings is 2. The molecule has 6 nitrogen and oxygen atoms in total. The lowest BCUT2D eigenvalue weighted by atomic mass is 9.91. The van der Waals surface area contributed by atoms with Crippen molar-refractivity contribution in [3.8, 4) is 0 Å². The second-order valence-electron chi connectivity index (χ2n) is 7.54. The summed E-state index contributed by atoms with van der Waals surface area (Å²) in [5, 5.41) is 3.16. The molecule has 1 aromatic heterocycles. The van der Waals surface area contributed by atoms with Crippen LogP contribution in [0.5, 0.6) is 0 Å². The highest BCUT2D eigenvalue weighted by molar-refractivity contribution is 6.30. The van der Waals surface area contributed by atoms with Crippen molar-refractivity contribution >= 4 is 29.1 Å². The lowest BCUT2D eigenvalue weighted by Crippen LogP contribution is -2.37. The SMILES string of the molecule is COC1=N[C@](C)(c2cc(NC(=O)c3ccc(Cl)cn3)ccc2F)CO[C@H]1c1ccccc1. The van der Waals surface area contributed by atoms with Crippen molar-refractivity contribution in [3.63, 3.8) is 0 Å². The van der Waals surface area contributed by atoms with E-state index in [1.54, 1.807) is 19.1 Å². The van der Waals surface area contributed by atoms with Crippen molar-refractivity contribution in [1.29, 1.82) is 0 Å². The van der Waals surface area contributed by atoms with Crippen LogP contribution in [0.15, 0.2) is 71.9 Å². The molecule has 0 fully saturated rings. The molecular formula is C24H21ClFN3O3. The number of halogens is 2. The molecule has 2 atom stereocenters. The normalized spacial score (nSPS) is 20.4. The van der Waals surface area contributed by atoms with E-state index in [0.29, 0.717) is 16.6 Å². The van der Waals surface area contributed by atoms with Gasteiger partial charge in [-0.1, -0.05) is 41.9 Å². The van der Waals surface area contributed by atoms with E-state index in [9.17, 15) is 9.18 Å². The lowest BCUT2D eigenvalue weighted by Gasteiger charge is -2.35. The van der Waals surface area contributed by atoms with Gasteiger partial charge in [0.05, 0.1) is 18.7 Å². The summed E-state index contributed by atoms with van der Waals surface area (Å²) in [6.45, 7) is 1.89. The number of nitrogens with zero attached hydrogens (tertiary/aromatic N) is 2. The number of aromatic nitrogens is 1. The number of carbonyl (C=O) groups is 1. The molecule has 2 aromatic carbocycles. The number of methoxy groups -OCH3 is 1. The Morgan fingerprint density at radius 2 is 2.00 bits per heavy atom. The molecule has 164 valence electrons. The fourth-order valence-electron chi connectivity index (χ4n) is 3.53. The summed E-state index contributed by atoms with van der Waals surface area (Å²) in [6.07, 6.45) is 0.910. The first-order chi connectivity index (χ1) is 15.4. The molecule has 2 heterocycles. The third kappa shape index (κ3) is 4.49. The molecule has 0 spiro atoms. The van der Waals surface area contributed by atoms with Crippen molar-refractivity contribution in [1.82, 2.24) is 4.98 Å². The fraction of sp³-hybridized carbons (Fsp3) is 0.208. The second kappa shape index (κ2) is 9.06. The smallest absolute Gasteiger partial charge is 0.274 e. The molecule has 0 saturated heterocycles. The molecule has 1 amide bonds. The summed E-state index contributed by atoms with van der Waals surface area (Å²) in [6, 6.07) is 17.0. The molecule has 32 heavy (non-hydrogen) atoms. The highest BCUT2D eigenvalue weighted by atomic mass is 35.5. The van der Waals surface area contributed by atoms with Gasteiger partial charge in [0.25, 0.3) is 5.91 Å². The quantitative estimate of drug-likeness (QED) is 0.592. The molecule has 0 unspecified atom stereocenters. The third-order valence-electron chi connectivity index (χ3n) is 5.19. The van der Waals surface area contributed by atoms with E-state index in [4.69, 9.17) is 26.1 Å². The standard InChI is InChI=1S/C24H21ClFN3O3/c1-24(14-32-21(23(29-24)31-2)15-6-4-3-5-7-15)18-12-17(9-10-19(18)26)28-22(30)20-11-8-16(25)13-27-20/h3-13,21H,14H2,1-2H3,(H,28,30)/t21-,24-/m0/s1. The van der Waals surface area contributed by atoms with E-state index in [-0.39, 0.29) is 17.9 Å². The maximum Gasteiger partial charge on any atom is 0.274 e. The van der Waals surface area contributed by atoms with Crippen LogP contribution >= 0.6 is 11.6 Å². The van der Waals surface area contributed by atoms with Crippen molar-refractivity contribution in [2.45, 2.75) is 18.6 Å². The number of amides is 1. The van der Waals surface area contributed by atoms with Crippen LogP contribution in [0, 0.1) is 5.82 Å². The number of ether oxygens (including phenoxy) is 2. The van der Waals surface area contributed by atoms with Gasteiger partial charge in [0, 0.05) is 17.4 Å². The van der Waals surface area contributed by atoms with Crippen LogP contribution in [-0.4, -0.2) is 30.5 Å². The molecular weight excluding hydrogens is 433 g/mol. The van der Waals surface area contributed by atoms with Gasteiger partial charge in [-0.15, -0.1) is 0 Å². The van der Waals surface area contributed by atoms with Gasteiger partial charge < -0.3 is 14.8 Å². The number of carbonyl (C=O) groups excluding carboxylic acids is 1. The van der Waals surface area contributed by atoms with Gasteiger partial charge in [-0.3, -0.25) is 4.79 Å². The number of hydrogen-bond donors (Lipinski definition) is 1. The number of hydrogen-bond acceptors (Lipinski definition) is 5. The Morgan fingerprint density at radius 3 is 2.69 bits per heavy atom. The van der Waals surface area contributed by atoms with Gasteiger partial charge in [0.1, 0.15) is 17.1 Å². The molecule has 4 rings (SSSR count). The van der Waals surface area contributed by atoms with Gasteiger partial charge in [0.15, 0.2) is 6.10 Å². The molecule has 3 aromatic rings. The van der Waals surface area contributed by atoms with E-state index >= 15 is 0 Å². The molecule has 1 N–H and O–H groups in total. The Hall–Kier alpha value is -3.29. The number of aliphatic imine (C=N–C) groups is 1. The van der Waals surface area contributed by atoms with E-state index in [1.807, 2.05) is 30.3 Å². The largest absolute Gasteiger partial charge is 0.482 e. The monoisotopic (exact) mass is 453 g/mol. The Kier molecular flexibility index (Phi) is 6.21. The predicted molar refractivity (Wildman–Crippen MR) is 121 cm³/mol. The van der Waals surface area contributed by atoms with Crippen LogP contribution in [0.3, 0.4) is 0 Å². The number of nitrogens with one attached hydrogen (secondary N) is 1. The van der Waals surface area contributed by atoms with Crippen molar-refractivity contribution in [2.75, 3.05) is 19.0 Å². The van der Waals surface area contributed by atoms with Crippen molar-refractivity contribution in [3.05, 3.63) is 94.5 Å². The van der Waals surface area contributed by atoms with Crippen LogP contribution in [0.2, 0.25) is 5.02 Å². The summed E-state index contributed by atoms with van der Waals surface area (Å²) in [7, 11) is 1.51. The zero-order chi connectivity index (χ0) is 22.7. The van der Waals surface area contributed by atoms with Crippen LogP contribution in [0.25, 0.3) is 0 Å². The first-order valence-electron chi connectivity index (χ1n) is 9.93. The summed E-state index contributed by atoms with van der Waals surface area (Å²) in [5.41, 5.74) is 0.731. The summed E-state index contributed by atoms with van der Waals surface area (Å²) >= 11 is 5.82. The Morgan fingerprint density at radius 1 is 1.22 bits per heavy atom. The average molecular weight is 454 g/mol. The molecule has 1 aliphatic heterocycles. The van der Waals surface area contributed by atoms with E-state index < -0.39 is 23.4 Å². The van der Waals surface area contributed by atoms with Gasteiger partial charge in [-0.25, -0.2) is 14.4 Å². The van der Waals surface area contributed by atoms with Gasteiger partial charge in [-0.05, 0) is 42.8 Å². The predicted octanol–water partition coefficient (Wildman–Crippen LogP) is 5.16. The molecule has 1 aliphatic rings. The highest BCUT2D eigenvalue weighted by Crippen LogP contribution is 2.37. The molecule has 0 radical (unpaired) electrons. The topological polar surface area (TPSA) is 72.8 Å². The number of anilines is 1. The molecule has 0 bridgehead atoms. The van der Waals surface area contributed by atoms with Crippen LogP contribution < -0.4 is 5.32 Å². The summed E-state index contributed by atoms with van der Waals surface area (Å²) < 4.78 is 26.4. The molecule has 0 aliphatic carbocycles. The zero-order valence-corrected chi connectivity index (χ0v) is 18.3. The molecule has 0 saturated carbocycles. The Bertz CT molecular complexity index is 1150. The Balaban J connectivity index is 1.62. The number of rotatable bonds is 4.